The quantitative estimate of drug-likeness (QED) is 0.645. The van der Waals surface area contributed by atoms with Crippen LogP contribution in [0.15, 0.2) is 42.5 Å². The van der Waals surface area contributed by atoms with Crippen molar-refractivity contribution >= 4 is 23.8 Å². The molecule has 1 saturated heterocycles. The standard InChI is InChI=1S/C16H11ClO/c17-13-8-7-12-6-5-11-3-1-2-4-14(11)16(10-18-16)15(12)9-13/h1-9H,10H2. The Morgan fingerprint density at radius 2 is 1.67 bits per heavy atom. The van der Waals surface area contributed by atoms with Gasteiger partial charge in [-0.3, -0.25) is 0 Å². The van der Waals surface area contributed by atoms with E-state index in [9.17, 15) is 0 Å². The molecule has 2 aromatic rings. The Balaban J connectivity index is 2.05. The normalized spacial score (nSPS) is 23.4. The maximum atomic E-state index is 6.13. The summed E-state index contributed by atoms with van der Waals surface area (Å²) in [6.07, 6.45) is 4.29. The lowest BCUT2D eigenvalue weighted by Gasteiger charge is -2.16. The molecule has 0 N–H and O–H groups in total. The molecule has 2 aromatic carbocycles. The van der Waals surface area contributed by atoms with Crippen LogP contribution in [0.2, 0.25) is 5.02 Å². The van der Waals surface area contributed by atoms with Gasteiger partial charge in [-0.2, -0.15) is 0 Å². The molecule has 2 heteroatoms. The Kier molecular flexibility index (Phi) is 2.00. The van der Waals surface area contributed by atoms with Crippen LogP contribution in [0.25, 0.3) is 12.2 Å². The van der Waals surface area contributed by atoms with E-state index in [4.69, 9.17) is 16.3 Å². The lowest BCUT2D eigenvalue weighted by Crippen LogP contribution is -2.12. The zero-order chi connectivity index (χ0) is 12.2. The Labute approximate surface area is 111 Å². The molecule has 0 amide bonds. The van der Waals surface area contributed by atoms with Gasteiger partial charge in [0.2, 0.25) is 0 Å². The summed E-state index contributed by atoms with van der Waals surface area (Å²) < 4.78 is 5.83. The van der Waals surface area contributed by atoms with E-state index in [1.165, 1.54) is 22.3 Å². The fraction of sp³-hybridized carbons (Fsp3) is 0.125. The van der Waals surface area contributed by atoms with Crippen LogP contribution in [0.4, 0.5) is 0 Å². The van der Waals surface area contributed by atoms with E-state index in [-0.39, 0.29) is 5.60 Å². The van der Waals surface area contributed by atoms with E-state index in [1.54, 1.807) is 0 Å². The highest BCUT2D eigenvalue weighted by molar-refractivity contribution is 6.30. The summed E-state index contributed by atoms with van der Waals surface area (Å²) in [5.74, 6) is 0. The molecule has 1 heterocycles. The summed E-state index contributed by atoms with van der Waals surface area (Å²) in [7, 11) is 0. The molecule has 1 nitrogen and oxygen atoms in total. The first-order chi connectivity index (χ1) is 8.79. The lowest BCUT2D eigenvalue weighted by molar-refractivity contribution is 0.349. The minimum atomic E-state index is -0.277. The molecule has 1 aliphatic heterocycles. The van der Waals surface area contributed by atoms with Crippen molar-refractivity contribution in [3.05, 3.63) is 69.7 Å². The summed E-state index contributed by atoms with van der Waals surface area (Å²) >= 11 is 6.13. The SMILES string of the molecule is Clc1ccc2c(c1)C1(CO1)c1ccccc1C=C2. The number of fused-ring (bicyclic) bond motifs is 4. The highest BCUT2D eigenvalue weighted by Crippen LogP contribution is 2.50. The molecule has 88 valence electrons. The molecule has 1 unspecified atom stereocenters. The van der Waals surface area contributed by atoms with Crippen molar-refractivity contribution in [3.63, 3.8) is 0 Å². The van der Waals surface area contributed by atoms with Gasteiger partial charge in [-0.1, -0.05) is 54.1 Å². The maximum absolute atomic E-state index is 6.13. The van der Waals surface area contributed by atoms with Crippen molar-refractivity contribution < 1.29 is 4.74 Å². The van der Waals surface area contributed by atoms with Crippen LogP contribution in [0.1, 0.15) is 22.3 Å². The van der Waals surface area contributed by atoms with E-state index in [1.807, 2.05) is 12.1 Å². The summed E-state index contributed by atoms with van der Waals surface area (Å²) in [5.41, 5.74) is 4.55. The van der Waals surface area contributed by atoms with Gasteiger partial charge in [-0.15, -0.1) is 0 Å². The molecule has 0 bridgehead atoms. The van der Waals surface area contributed by atoms with Crippen molar-refractivity contribution in [2.45, 2.75) is 5.60 Å². The third-order valence-corrected chi connectivity index (χ3v) is 3.96. The van der Waals surface area contributed by atoms with Gasteiger partial charge in [0.15, 0.2) is 0 Å². The molecule has 0 radical (unpaired) electrons. The van der Waals surface area contributed by atoms with Crippen LogP contribution in [0.5, 0.6) is 0 Å². The first-order valence-corrected chi connectivity index (χ1v) is 6.39. The third kappa shape index (κ3) is 1.32. The summed E-state index contributed by atoms with van der Waals surface area (Å²) in [4.78, 5) is 0. The summed E-state index contributed by atoms with van der Waals surface area (Å²) in [6.45, 7) is 0.735. The molecule has 1 spiro atoms. The van der Waals surface area contributed by atoms with Crippen LogP contribution in [-0.4, -0.2) is 6.61 Å². The molecule has 1 atom stereocenters. The maximum Gasteiger partial charge on any atom is 0.143 e. The van der Waals surface area contributed by atoms with Gasteiger partial charge in [0.1, 0.15) is 5.60 Å². The van der Waals surface area contributed by atoms with Crippen LogP contribution in [0, 0.1) is 0 Å². The zero-order valence-corrected chi connectivity index (χ0v) is 10.4. The lowest BCUT2D eigenvalue weighted by atomic mass is 9.88. The second kappa shape index (κ2) is 3.47. The number of hydrogen-bond acceptors (Lipinski definition) is 1. The van der Waals surface area contributed by atoms with Gasteiger partial charge < -0.3 is 4.74 Å². The highest BCUT2D eigenvalue weighted by atomic mass is 35.5. The van der Waals surface area contributed by atoms with Gasteiger partial charge >= 0.3 is 0 Å². The molecule has 0 saturated carbocycles. The van der Waals surface area contributed by atoms with Gasteiger partial charge in [-0.25, -0.2) is 0 Å². The predicted molar refractivity (Wildman–Crippen MR) is 73.6 cm³/mol. The van der Waals surface area contributed by atoms with Gasteiger partial charge in [0, 0.05) is 5.02 Å². The molecule has 1 fully saturated rings. The minimum Gasteiger partial charge on any atom is -0.359 e. The Morgan fingerprint density at radius 1 is 0.944 bits per heavy atom. The average molecular weight is 255 g/mol. The number of rotatable bonds is 0. The molecular formula is C16H11ClO. The monoisotopic (exact) mass is 254 g/mol. The minimum absolute atomic E-state index is 0.277. The van der Waals surface area contributed by atoms with E-state index < -0.39 is 0 Å². The summed E-state index contributed by atoms with van der Waals surface area (Å²) in [6, 6.07) is 14.4. The second-order valence-electron chi connectivity index (χ2n) is 4.77. The highest BCUT2D eigenvalue weighted by Gasteiger charge is 2.50. The number of ether oxygens (including phenoxy) is 1. The van der Waals surface area contributed by atoms with Crippen molar-refractivity contribution in [1.82, 2.24) is 0 Å². The first-order valence-electron chi connectivity index (χ1n) is 6.01. The van der Waals surface area contributed by atoms with Gasteiger partial charge in [-0.05, 0) is 34.4 Å². The average Bonchev–Trinajstić information content (AvgIpc) is 3.20. The molecule has 0 aromatic heterocycles. The first kappa shape index (κ1) is 10.4. The van der Waals surface area contributed by atoms with Crippen LogP contribution in [-0.2, 0) is 10.3 Å². The fourth-order valence-electron chi connectivity index (χ4n) is 2.74. The molecule has 1 aliphatic carbocycles. The van der Waals surface area contributed by atoms with E-state index in [0.29, 0.717) is 0 Å². The smallest absolute Gasteiger partial charge is 0.143 e. The topological polar surface area (TPSA) is 12.5 Å². The Bertz CT molecular complexity index is 669. The van der Waals surface area contributed by atoms with Crippen molar-refractivity contribution in [1.29, 1.82) is 0 Å². The molecule has 2 aliphatic rings. The number of epoxide rings is 1. The van der Waals surface area contributed by atoms with E-state index >= 15 is 0 Å². The van der Waals surface area contributed by atoms with Crippen molar-refractivity contribution in [2.24, 2.45) is 0 Å². The molecule has 4 rings (SSSR count). The van der Waals surface area contributed by atoms with Crippen LogP contribution >= 0.6 is 11.6 Å². The van der Waals surface area contributed by atoms with Crippen molar-refractivity contribution in [2.75, 3.05) is 6.61 Å². The third-order valence-electron chi connectivity index (χ3n) is 3.72. The van der Waals surface area contributed by atoms with Gasteiger partial charge in [0.05, 0.1) is 6.61 Å². The largest absolute Gasteiger partial charge is 0.359 e. The molecule has 18 heavy (non-hydrogen) atoms. The van der Waals surface area contributed by atoms with Crippen molar-refractivity contribution in [3.8, 4) is 0 Å². The second-order valence-corrected chi connectivity index (χ2v) is 5.20. The Hall–Kier alpha value is -1.57. The fourth-order valence-corrected chi connectivity index (χ4v) is 2.91. The van der Waals surface area contributed by atoms with E-state index in [2.05, 4.69) is 42.5 Å². The number of halogens is 1. The van der Waals surface area contributed by atoms with Gasteiger partial charge in [0.25, 0.3) is 0 Å². The van der Waals surface area contributed by atoms with E-state index in [0.717, 1.165) is 11.6 Å². The Morgan fingerprint density at radius 3 is 2.44 bits per heavy atom. The predicted octanol–water partition coefficient (Wildman–Crippen LogP) is 4.10. The summed E-state index contributed by atoms with van der Waals surface area (Å²) in [5, 5.41) is 0.761. The molecular weight excluding hydrogens is 244 g/mol. The van der Waals surface area contributed by atoms with Crippen LogP contribution < -0.4 is 0 Å². The number of hydrogen-bond donors (Lipinski definition) is 0. The zero-order valence-electron chi connectivity index (χ0n) is 9.69. The number of benzene rings is 2. The van der Waals surface area contributed by atoms with Crippen LogP contribution in [0.3, 0.4) is 0 Å².